The second-order valence-electron chi connectivity index (χ2n) is 7.74. The van der Waals surface area contributed by atoms with Crippen molar-refractivity contribution < 1.29 is 13.2 Å². The molecule has 0 unspecified atom stereocenters. The van der Waals surface area contributed by atoms with Crippen molar-refractivity contribution >= 4 is 27.3 Å². The number of nitrogens with zero attached hydrogens (tertiary/aromatic N) is 1. The molecule has 0 spiro atoms. The van der Waals surface area contributed by atoms with Gasteiger partial charge in [-0.15, -0.1) is 0 Å². The summed E-state index contributed by atoms with van der Waals surface area (Å²) in [7, 11) is -3.66. The molecule has 0 aliphatic carbocycles. The molecule has 3 aromatic rings. The average Bonchev–Trinajstić information content (AvgIpc) is 2.80. The summed E-state index contributed by atoms with van der Waals surface area (Å²) in [5.74, 6) is -0.212. The molecule has 1 amide bonds. The van der Waals surface area contributed by atoms with Crippen LogP contribution in [0.25, 0.3) is 0 Å². The van der Waals surface area contributed by atoms with E-state index in [0.29, 0.717) is 23.5 Å². The van der Waals surface area contributed by atoms with E-state index in [0.717, 1.165) is 31.2 Å². The molecule has 0 bridgehead atoms. The van der Waals surface area contributed by atoms with Crippen molar-refractivity contribution in [3.8, 4) is 0 Å². The Balaban J connectivity index is 1.60. The molecule has 1 N–H and O–H groups in total. The van der Waals surface area contributed by atoms with Gasteiger partial charge < -0.3 is 5.32 Å². The highest BCUT2D eigenvalue weighted by molar-refractivity contribution is 7.92. The van der Waals surface area contributed by atoms with Crippen LogP contribution in [0, 0.1) is 0 Å². The molecule has 31 heavy (non-hydrogen) atoms. The van der Waals surface area contributed by atoms with Gasteiger partial charge in [0.2, 0.25) is 0 Å². The van der Waals surface area contributed by atoms with Gasteiger partial charge in [0.1, 0.15) is 0 Å². The number of rotatable bonds is 6. The van der Waals surface area contributed by atoms with Crippen LogP contribution in [0.15, 0.2) is 77.7 Å². The number of nitrogens with one attached hydrogen (secondary N) is 1. The quantitative estimate of drug-likeness (QED) is 0.591. The minimum Gasteiger partial charge on any atom is -0.322 e. The fraction of sp³-hybridized carbons (Fsp3) is 0.240. The van der Waals surface area contributed by atoms with E-state index in [-0.39, 0.29) is 10.8 Å². The van der Waals surface area contributed by atoms with Crippen LogP contribution in [0.4, 0.5) is 11.4 Å². The molecule has 6 heteroatoms. The second kappa shape index (κ2) is 8.94. The van der Waals surface area contributed by atoms with Crippen LogP contribution in [0.5, 0.6) is 0 Å². The molecular weight excluding hydrogens is 408 g/mol. The van der Waals surface area contributed by atoms with Crippen LogP contribution in [0.3, 0.4) is 0 Å². The van der Waals surface area contributed by atoms with Crippen LogP contribution in [-0.4, -0.2) is 20.9 Å². The summed E-state index contributed by atoms with van der Waals surface area (Å²) in [4.78, 5) is 13.0. The van der Waals surface area contributed by atoms with Gasteiger partial charge in [-0.25, -0.2) is 8.42 Å². The van der Waals surface area contributed by atoms with Gasteiger partial charge in [-0.05, 0) is 66.8 Å². The number of carbonyl (C=O) groups is 1. The molecule has 1 aliphatic rings. The summed E-state index contributed by atoms with van der Waals surface area (Å²) in [5.41, 5.74) is 3.95. The van der Waals surface area contributed by atoms with Crippen LogP contribution >= 0.6 is 0 Å². The molecule has 0 aromatic heterocycles. The molecule has 0 fully saturated rings. The molecule has 0 saturated carbocycles. The van der Waals surface area contributed by atoms with Crippen LogP contribution in [0.1, 0.15) is 41.3 Å². The largest absolute Gasteiger partial charge is 0.322 e. The highest BCUT2D eigenvalue weighted by Crippen LogP contribution is 2.34. The third-order valence-corrected chi connectivity index (χ3v) is 7.33. The Labute approximate surface area is 183 Å². The summed E-state index contributed by atoms with van der Waals surface area (Å²) in [6.45, 7) is 2.54. The fourth-order valence-corrected chi connectivity index (χ4v) is 5.46. The SMILES string of the molecule is CCCc1ccc(C(=O)Nc2ccc3c(c2)N(S(=O)(=O)c2ccccc2)CCC3)cc1. The lowest BCUT2D eigenvalue weighted by Gasteiger charge is -2.31. The van der Waals surface area contributed by atoms with E-state index in [1.807, 2.05) is 36.4 Å². The monoisotopic (exact) mass is 434 g/mol. The van der Waals surface area contributed by atoms with Gasteiger partial charge in [-0.3, -0.25) is 9.10 Å². The van der Waals surface area contributed by atoms with Crippen molar-refractivity contribution in [1.29, 1.82) is 0 Å². The van der Waals surface area contributed by atoms with Gasteiger partial charge in [-0.2, -0.15) is 0 Å². The summed E-state index contributed by atoms with van der Waals surface area (Å²) < 4.78 is 27.9. The Kier molecular flexibility index (Phi) is 6.09. The Bertz CT molecular complexity index is 1170. The van der Waals surface area contributed by atoms with Crippen molar-refractivity contribution in [1.82, 2.24) is 0 Å². The zero-order chi connectivity index (χ0) is 21.8. The van der Waals surface area contributed by atoms with E-state index < -0.39 is 10.0 Å². The Morgan fingerprint density at radius 2 is 1.74 bits per heavy atom. The number of sulfonamides is 1. The number of aryl methyl sites for hydroxylation is 2. The van der Waals surface area contributed by atoms with Gasteiger partial charge in [0.05, 0.1) is 10.6 Å². The van der Waals surface area contributed by atoms with Crippen molar-refractivity contribution in [3.63, 3.8) is 0 Å². The smallest absolute Gasteiger partial charge is 0.264 e. The second-order valence-corrected chi connectivity index (χ2v) is 9.60. The minimum atomic E-state index is -3.66. The zero-order valence-corrected chi connectivity index (χ0v) is 18.4. The first-order chi connectivity index (χ1) is 15.0. The van der Waals surface area contributed by atoms with E-state index >= 15 is 0 Å². The number of carbonyl (C=O) groups excluding carboxylic acids is 1. The van der Waals surface area contributed by atoms with E-state index in [1.54, 1.807) is 36.4 Å². The number of hydrogen-bond acceptors (Lipinski definition) is 3. The molecule has 0 saturated heterocycles. The van der Waals surface area contributed by atoms with Gasteiger partial charge in [-0.1, -0.05) is 49.7 Å². The number of anilines is 2. The van der Waals surface area contributed by atoms with Crippen LogP contribution < -0.4 is 9.62 Å². The third kappa shape index (κ3) is 4.49. The van der Waals surface area contributed by atoms with Crippen LogP contribution in [0.2, 0.25) is 0 Å². The van der Waals surface area contributed by atoms with Gasteiger partial charge in [0, 0.05) is 17.8 Å². The van der Waals surface area contributed by atoms with Crippen molar-refractivity contribution in [3.05, 3.63) is 89.5 Å². The zero-order valence-electron chi connectivity index (χ0n) is 17.5. The van der Waals surface area contributed by atoms with E-state index in [4.69, 9.17) is 0 Å². The third-order valence-electron chi connectivity index (χ3n) is 5.51. The number of benzene rings is 3. The topological polar surface area (TPSA) is 66.5 Å². The van der Waals surface area contributed by atoms with Gasteiger partial charge in [0.15, 0.2) is 0 Å². The lowest BCUT2D eigenvalue weighted by molar-refractivity contribution is 0.102. The maximum absolute atomic E-state index is 13.2. The highest BCUT2D eigenvalue weighted by Gasteiger charge is 2.29. The lowest BCUT2D eigenvalue weighted by atomic mass is 10.0. The fourth-order valence-electron chi connectivity index (χ4n) is 3.90. The average molecular weight is 435 g/mol. The maximum atomic E-state index is 13.2. The normalized spacial score (nSPS) is 13.5. The van der Waals surface area contributed by atoms with Crippen molar-refractivity contribution in [2.75, 3.05) is 16.2 Å². The van der Waals surface area contributed by atoms with E-state index in [1.165, 1.54) is 9.87 Å². The molecule has 1 heterocycles. The first kappa shape index (κ1) is 21.1. The van der Waals surface area contributed by atoms with Gasteiger partial charge >= 0.3 is 0 Å². The summed E-state index contributed by atoms with van der Waals surface area (Å²) >= 11 is 0. The van der Waals surface area contributed by atoms with E-state index in [9.17, 15) is 13.2 Å². The molecule has 160 valence electrons. The number of fused-ring (bicyclic) bond motifs is 1. The Morgan fingerprint density at radius 1 is 1.00 bits per heavy atom. The molecule has 5 nitrogen and oxygen atoms in total. The molecule has 0 atom stereocenters. The summed E-state index contributed by atoms with van der Waals surface area (Å²) in [5, 5.41) is 2.91. The molecule has 1 aliphatic heterocycles. The number of hydrogen-bond donors (Lipinski definition) is 1. The molecule has 4 rings (SSSR count). The first-order valence-corrected chi connectivity index (χ1v) is 12.0. The predicted molar refractivity (Wildman–Crippen MR) is 124 cm³/mol. The molecule has 0 radical (unpaired) electrons. The molecular formula is C25H26N2O3S. The maximum Gasteiger partial charge on any atom is 0.264 e. The Hall–Kier alpha value is -3.12. The standard InChI is InChI=1S/C25H26N2O3S/c1-2-7-19-11-13-21(14-12-19)25(28)26-22-16-15-20-8-6-17-27(24(20)18-22)31(29,30)23-9-4-3-5-10-23/h3-5,9-16,18H,2,6-8,17H2,1H3,(H,26,28). The van der Waals surface area contributed by atoms with Crippen LogP contribution in [-0.2, 0) is 22.9 Å². The lowest BCUT2D eigenvalue weighted by Crippen LogP contribution is -2.35. The Morgan fingerprint density at radius 3 is 2.45 bits per heavy atom. The van der Waals surface area contributed by atoms with Crippen molar-refractivity contribution in [2.45, 2.75) is 37.5 Å². The first-order valence-electron chi connectivity index (χ1n) is 10.6. The summed E-state index contributed by atoms with van der Waals surface area (Å²) in [6, 6.07) is 21.6. The molecule has 3 aromatic carbocycles. The minimum absolute atomic E-state index is 0.212. The summed E-state index contributed by atoms with van der Waals surface area (Å²) in [6.07, 6.45) is 3.61. The van der Waals surface area contributed by atoms with Crippen molar-refractivity contribution in [2.24, 2.45) is 0 Å². The highest BCUT2D eigenvalue weighted by atomic mass is 32.2. The van der Waals surface area contributed by atoms with E-state index in [2.05, 4.69) is 12.2 Å². The number of amides is 1. The predicted octanol–water partition coefficient (Wildman–Crippen LogP) is 5.03. The van der Waals surface area contributed by atoms with Gasteiger partial charge in [0.25, 0.3) is 15.9 Å².